The molecule has 0 aliphatic carbocycles. The van der Waals surface area contributed by atoms with E-state index in [4.69, 9.17) is 18.0 Å². The van der Waals surface area contributed by atoms with Gasteiger partial charge in [-0.3, -0.25) is 0 Å². The van der Waals surface area contributed by atoms with Gasteiger partial charge in [-0.1, -0.05) is 29.8 Å². The van der Waals surface area contributed by atoms with Gasteiger partial charge in [0.25, 0.3) is 0 Å². The van der Waals surface area contributed by atoms with Gasteiger partial charge in [0.05, 0.1) is 0 Å². The molecule has 1 atom stereocenters. The maximum Gasteiger partial charge on any atom is 0.0453 e. The van der Waals surface area contributed by atoms with E-state index in [9.17, 15) is 0 Å². The molecular weight excluding hydrogens is 218 g/mol. The lowest BCUT2D eigenvalue weighted by Gasteiger charge is -2.15. The summed E-state index contributed by atoms with van der Waals surface area (Å²) < 4.78 is 0. The Morgan fingerprint density at radius 3 is 2.81 bits per heavy atom. The van der Waals surface area contributed by atoms with Crippen molar-refractivity contribution in [2.75, 3.05) is 6.54 Å². The van der Waals surface area contributed by atoms with E-state index in [1.807, 2.05) is 18.2 Å². The highest BCUT2D eigenvalue weighted by atomic mass is 35.5. The van der Waals surface area contributed by atoms with Crippen molar-refractivity contribution in [3.05, 3.63) is 34.9 Å². The van der Waals surface area contributed by atoms with Crippen LogP contribution in [0.25, 0.3) is 0 Å². The predicted molar refractivity (Wildman–Crippen MR) is 70.6 cm³/mol. The first-order chi connectivity index (χ1) is 7.75. The number of nitrogens with one attached hydrogen (secondary N) is 1. The van der Waals surface area contributed by atoms with Gasteiger partial charge in [-0.15, -0.1) is 12.3 Å². The zero-order chi connectivity index (χ0) is 11.8. The number of hydrogen-bond donors (Lipinski definition) is 1. The van der Waals surface area contributed by atoms with Crippen molar-refractivity contribution < 1.29 is 0 Å². The van der Waals surface area contributed by atoms with E-state index in [1.54, 1.807) is 0 Å². The van der Waals surface area contributed by atoms with Crippen molar-refractivity contribution in [2.24, 2.45) is 0 Å². The van der Waals surface area contributed by atoms with Gasteiger partial charge in [-0.25, -0.2) is 0 Å². The lowest BCUT2D eigenvalue weighted by molar-refractivity contribution is 0.549. The smallest absolute Gasteiger partial charge is 0.0453 e. The Morgan fingerprint density at radius 1 is 1.38 bits per heavy atom. The number of benzene rings is 1. The molecule has 1 nitrogen and oxygen atoms in total. The molecule has 1 aromatic rings. The van der Waals surface area contributed by atoms with E-state index in [0.29, 0.717) is 6.04 Å². The summed E-state index contributed by atoms with van der Waals surface area (Å²) in [6.07, 6.45) is 8.25. The van der Waals surface area contributed by atoms with E-state index >= 15 is 0 Å². The topological polar surface area (TPSA) is 12.0 Å². The molecule has 1 N–H and O–H groups in total. The normalized spacial score (nSPS) is 12.1. The van der Waals surface area contributed by atoms with E-state index < -0.39 is 0 Å². The van der Waals surface area contributed by atoms with E-state index in [-0.39, 0.29) is 0 Å². The summed E-state index contributed by atoms with van der Waals surface area (Å²) in [5.74, 6) is 2.65. The second-order valence-electron chi connectivity index (χ2n) is 3.86. The minimum Gasteiger partial charge on any atom is -0.310 e. The first kappa shape index (κ1) is 13.1. The molecule has 0 bridgehead atoms. The Balaban J connectivity index is 2.33. The average Bonchev–Trinajstić information content (AvgIpc) is 2.29. The molecule has 1 rings (SSSR count). The Labute approximate surface area is 103 Å². The van der Waals surface area contributed by atoms with Crippen LogP contribution in [-0.4, -0.2) is 6.54 Å². The molecule has 2 heteroatoms. The highest BCUT2D eigenvalue weighted by Crippen LogP contribution is 2.21. The van der Waals surface area contributed by atoms with Gasteiger partial charge >= 0.3 is 0 Å². The summed E-state index contributed by atoms with van der Waals surface area (Å²) >= 11 is 6.12. The van der Waals surface area contributed by atoms with Gasteiger partial charge in [0.15, 0.2) is 0 Å². The predicted octanol–water partition coefficient (Wildman–Crippen LogP) is 3.79. The van der Waals surface area contributed by atoms with Crippen molar-refractivity contribution in [2.45, 2.75) is 32.2 Å². The Hall–Kier alpha value is -0.970. The van der Waals surface area contributed by atoms with Gasteiger partial charge in [-0.05, 0) is 37.9 Å². The number of rotatable bonds is 6. The first-order valence-electron chi connectivity index (χ1n) is 5.67. The molecule has 0 amide bonds. The molecule has 0 saturated heterocycles. The van der Waals surface area contributed by atoms with Crippen LogP contribution in [0.2, 0.25) is 5.02 Å². The second kappa shape index (κ2) is 7.33. The van der Waals surface area contributed by atoms with E-state index in [0.717, 1.165) is 36.4 Å². The molecule has 0 heterocycles. The molecule has 0 fully saturated rings. The summed E-state index contributed by atoms with van der Waals surface area (Å²) in [6, 6.07) is 8.23. The third-order valence-electron chi connectivity index (χ3n) is 2.57. The fourth-order valence-corrected chi connectivity index (χ4v) is 1.91. The van der Waals surface area contributed by atoms with Gasteiger partial charge in [0.2, 0.25) is 0 Å². The Kier molecular flexibility index (Phi) is 6.00. The summed E-state index contributed by atoms with van der Waals surface area (Å²) in [5, 5.41) is 4.27. The molecule has 0 radical (unpaired) electrons. The van der Waals surface area contributed by atoms with Crippen LogP contribution in [0.4, 0.5) is 0 Å². The summed E-state index contributed by atoms with van der Waals surface area (Å²) in [5.41, 5.74) is 1.15. The SMILES string of the molecule is C#CCCCCN[C@H](C)c1ccccc1Cl. The van der Waals surface area contributed by atoms with Gasteiger partial charge in [0, 0.05) is 17.5 Å². The fourth-order valence-electron chi connectivity index (χ4n) is 1.61. The maximum absolute atomic E-state index is 6.12. The highest BCUT2D eigenvalue weighted by Gasteiger charge is 2.07. The molecule has 86 valence electrons. The molecule has 0 aliphatic heterocycles. The Morgan fingerprint density at radius 2 is 2.12 bits per heavy atom. The minimum absolute atomic E-state index is 0.291. The number of terminal acetylenes is 1. The van der Waals surface area contributed by atoms with Crippen LogP contribution in [0.3, 0.4) is 0 Å². The van der Waals surface area contributed by atoms with Crippen molar-refractivity contribution in [1.29, 1.82) is 0 Å². The standard InChI is InChI=1S/C14H18ClN/c1-3-4-5-8-11-16-12(2)13-9-6-7-10-14(13)15/h1,6-7,9-10,12,16H,4-5,8,11H2,2H3/t12-/m1/s1. The van der Waals surface area contributed by atoms with Gasteiger partial charge in [-0.2, -0.15) is 0 Å². The summed E-state index contributed by atoms with van der Waals surface area (Å²) in [7, 11) is 0. The van der Waals surface area contributed by atoms with Crippen LogP contribution in [0.5, 0.6) is 0 Å². The van der Waals surface area contributed by atoms with Crippen LogP contribution in [0.1, 0.15) is 37.8 Å². The summed E-state index contributed by atoms with van der Waals surface area (Å²) in [4.78, 5) is 0. The second-order valence-corrected chi connectivity index (χ2v) is 4.27. The Bertz CT molecular complexity index is 354. The molecule has 0 spiro atoms. The van der Waals surface area contributed by atoms with Crippen molar-refractivity contribution in [3.8, 4) is 12.3 Å². The zero-order valence-electron chi connectivity index (χ0n) is 9.67. The highest BCUT2D eigenvalue weighted by molar-refractivity contribution is 6.31. The number of hydrogen-bond acceptors (Lipinski definition) is 1. The third kappa shape index (κ3) is 4.26. The lowest BCUT2D eigenvalue weighted by Crippen LogP contribution is -2.20. The number of halogens is 1. The number of unbranched alkanes of at least 4 members (excludes halogenated alkanes) is 2. The van der Waals surface area contributed by atoms with Crippen LogP contribution >= 0.6 is 11.6 Å². The van der Waals surface area contributed by atoms with Gasteiger partial charge in [0.1, 0.15) is 0 Å². The van der Waals surface area contributed by atoms with Crippen LogP contribution in [-0.2, 0) is 0 Å². The molecule has 0 unspecified atom stereocenters. The monoisotopic (exact) mass is 235 g/mol. The largest absolute Gasteiger partial charge is 0.310 e. The van der Waals surface area contributed by atoms with E-state index in [2.05, 4.69) is 24.2 Å². The van der Waals surface area contributed by atoms with Gasteiger partial charge < -0.3 is 5.32 Å². The molecule has 0 aromatic heterocycles. The average molecular weight is 236 g/mol. The maximum atomic E-state index is 6.12. The lowest BCUT2D eigenvalue weighted by atomic mass is 10.1. The van der Waals surface area contributed by atoms with Crippen LogP contribution in [0, 0.1) is 12.3 Å². The quantitative estimate of drug-likeness (QED) is 0.584. The van der Waals surface area contributed by atoms with Crippen molar-refractivity contribution >= 4 is 11.6 Å². The molecular formula is C14H18ClN. The first-order valence-corrected chi connectivity index (χ1v) is 6.04. The third-order valence-corrected chi connectivity index (χ3v) is 2.91. The van der Waals surface area contributed by atoms with Crippen molar-refractivity contribution in [1.82, 2.24) is 5.32 Å². The van der Waals surface area contributed by atoms with Crippen LogP contribution in [0.15, 0.2) is 24.3 Å². The zero-order valence-corrected chi connectivity index (χ0v) is 10.4. The summed E-state index contributed by atoms with van der Waals surface area (Å²) in [6.45, 7) is 3.11. The molecule has 0 saturated carbocycles. The fraction of sp³-hybridized carbons (Fsp3) is 0.429. The minimum atomic E-state index is 0.291. The molecule has 0 aliphatic rings. The van der Waals surface area contributed by atoms with Crippen molar-refractivity contribution in [3.63, 3.8) is 0 Å². The van der Waals surface area contributed by atoms with E-state index in [1.165, 1.54) is 0 Å². The molecule has 16 heavy (non-hydrogen) atoms. The molecule has 1 aromatic carbocycles. The van der Waals surface area contributed by atoms with Crippen LogP contribution < -0.4 is 5.32 Å².